The van der Waals surface area contributed by atoms with Crippen molar-refractivity contribution in [3.8, 4) is 6.07 Å². The van der Waals surface area contributed by atoms with Crippen molar-refractivity contribution in [2.45, 2.75) is 18.6 Å². The number of rotatable bonds is 7. The van der Waals surface area contributed by atoms with Gasteiger partial charge in [-0.1, -0.05) is 6.92 Å². The van der Waals surface area contributed by atoms with Crippen molar-refractivity contribution in [1.82, 2.24) is 4.31 Å². The second-order valence-electron chi connectivity index (χ2n) is 3.20. The van der Waals surface area contributed by atoms with Crippen LogP contribution in [0.25, 0.3) is 0 Å². The number of nitrogens with zero attached hydrogens (tertiary/aromatic N) is 2. The molecule has 0 aliphatic heterocycles. The third-order valence-corrected chi connectivity index (χ3v) is 4.01. The Morgan fingerprint density at radius 3 is 2.29 bits per heavy atom. The van der Waals surface area contributed by atoms with Crippen LogP contribution in [0, 0.1) is 11.3 Å². The summed E-state index contributed by atoms with van der Waals surface area (Å²) in [5.74, 6) is -2.41. The summed E-state index contributed by atoms with van der Waals surface area (Å²) in [4.78, 5) is 21.2. The molecule has 0 aliphatic carbocycles. The predicted octanol–water partition coefficient (Wildman–Crippen LogP) is -1.51. The molecule has 0 bridgehead atoms. The van der Waals surface area contributed by atoms with Crippen molar-refractivity contribution in [1.29, 1.82) is 5.26 Å². The number of amides is 1. The molecule has 8 nitrogen and oxygen atoms in total. The largest absolute Gasteiger partial charge is 0.480 e. The molecule has 0 radical (unpaired) electrons. The molecule has 96 valence electrons. The quantitative estimate of drug-likeness (QED) is 0.571. The van der Waals surface area contributed by atoms with E-state index in [-0.39, 0.29) is 6.42 Å². The molecule has 0 saturated carbocycles. The van der Waals surface area contributed by atoms with Crippen LogP contribution in [-0.4, -0.2) is 48.0 Å². The summed E-state index contributed by atoms with van der Waals surface area (Å²) in [6, 6.07) is 1.54. The van der Waals surface area contributed by atoms with E-state index in [1.807, 2.05) is 0 Å². The van der Waals surface area contributed by atoms with Gasteiger partial charge in [-0.25, -0.2) is 8.42 Å². The Morgan fingerprint density at radius 2 is 2.00 bits per heavy atom. The van der Waals surface area contributed by atoms with Gasteiger partial charge in [0.2, 0.25) is 15.9 Å². The normalized spacial score (nSPS) is 13.0. The van der Waals surface area contributed by atoms with E-state index >= 15 is 0 Å². The number of carbonyl (C=O) groups is 2. The number of nitrogens with two attached hydrogens (primary N) is 1. The summed E-state index contributed by atoms with van der Waals surface area (Å²) in [5.41, 5.74) is 4.83. The zero-order chi connectivity index (χ0) is 13.6. The summed E-state index contributed by atoms with van der Waals surface area (Å²) in [6.45, 7) is -0.190. The van der Waals surface area contributed by atoms with Gasteiger partial charge in [0, 0.05) is 0 Å². The third kappa shape index (κ3) is 4.38. The van der Waals surface area contributed by atoms with E-state index in [1.54, 1.807) is 6.07 Å². The third-order valence-electron chi connectivity index (χ3n) is 1.88. The summed E-state index contributed by atoms with van der Waals surface area (Å²) < 4.78 is 24.0. The highest BCUT2D eigenvalue weighted by Crippen LogP contribution is 2.11. The topological polar surface area (TPSA) is 142 Å². The second-order valence-corrected chi connectivity index (χ2v) is 5.31. The van der Waals surface area contributed by atoms with Gasteiger partial charge in [0.25, 0.3) is 0 Å². The molecule has 1 amide bonds. The molecule has 0 aromatic heterocycles. The van der Waals surface area contributed by atoms with Gasteiger partial charge in [-0.05, 0) is 6.42 Å². The van der Waals surface area contributed by atoms with Crippen LogP contribution in [0.1, 0.15) is 13.3 Å². The number of hydrogen-bond donors (Lipinski definition) is 2. The Morgan fingerprint density at radius 1 is 1.47 bits per heavy atom. The minimum atomic E-state index is -4.16. The van der Waals surface area contributed by atoms with E-state index in [2.05, 4.69) is 0 Å². The van der Waals surface area contributed by atoms with Crippen molar-refractivity contribution in [3.05, 3.63) is 0 Å². The Kier molecular flexibility index (Phi) is 5.57. The molecule has 0 heterocycles. The molecule has 0 fully saturated rings. The van der Waals surface area contributed by atoms with E-state index < -0.39 is 40.2 Å². The fourth-order valence-corrected chi connectivity index (χ4v) is 2.62. The van der Waals surface area contributed by atoms with Crippen molar-refractivity contribution in [2.75, 3.05) is 13.1 Å². The lowest BCUT2D eigenvalue weighted by molar-refractivity contribution is -0.137. The van der Waals surface area contributed by atoms with Gasteiger partial charge in [-0.15, -0.1) is 0 Å². The second kappa shape index (κ2) is 6.17. The van der Waals surface area contributed by atoms with E-state index in [4.69, 9.17) is 16.1 Å². The zero-order valence-electron chi connectivity index (χ0n) is 9.16. The standard InChI is InChI=1S/C8H13N3O5S/c1-2-6(3-9)17(15,16)11(4-7(10)12)5-8(13)14/h6H,2,4-5H2,1H3,(H2,10,12)(H,13,14). The Labute approximate surface area is 98.7 Å². The van der Waals surface area contributed by atoms with Crippen molar-refractivity contribution >= 4 is 21.9 Å². The molecule has 0 spiro atoms. The van der Waals surface area contributed by atoms with Crippen LogP contribution < -0.4 is 5.73 Å². The number of nitriles is 1. The number of hydrogen-bond acceptors (Lipinski definition) is 5. The maximum atomic E-state index is 11.8. The Bertz CT molecular complexity index is 423. The van der Waals surface area contributed by atoms with Crippen LogP contribution in [0.15, 0.2) is 0 Å². The molecular weight excluding hydrogens is 250 g/mol. The van der Waals surface area contributed by atoms with Gasteiger partial charge in [0.15, 0.2) is 5.25 Å². The number of carboxylic acid groups (broad SMARTS) is 1. The molecule has 0 aromatic rings. The van der Waals surface area contributed by atoms with Crippen LogP contribution in [0.4, 0.5) is 0 Å². The minimum Gasteiger partial charge on any atom is -0.480 e. The molecular formula is C8H13N3O5S. The highest BCUT2D eigenvalue weighted by Gasteiger charge is 2.33. The summed E-state index contributed by atoms with van der Waals surface area (Å²) in [6.07, 6.45) is -0.00624. The Hall–Kier alpha value is -1.66. The number of primary amides is 1. The van der Waals surface area contributed by atoms with Gasteiger partial charge in [0.05, 0.1) is 12.6 Å². The summed E-state index contributed by atoms with van der Waals surface area (Å²) >= 11 is 0. The molecule has 0 saturated heterocycles. The zero-order valence-corrected chi connectivity index (χ0v) is 9.98. The molecule has 0 rings (SSSR count). The molecule has 0 aromatic carbocycles. The Balaban J connectivity index is 5.22. The van der Waals surface area contributed by atoms with Gasteiger partial charge in [0.1, 0.15) is 6.54 Å². The van der Waals surface area contributed by atoms with Crippen LogP contribution in [0.3, 0.4) is 0 Å². The van der Waals surface area contributed by atoms with Gasteiger partial charge < -0.3 is 10.8 Å². The van der Waals surface area contributed by atoms with Crippen LogP contribution in [0.5, 0.6) is 0 Å². The van der Waals surface area contributed by atoms with Crippen molar-refractivity contribution < 1.29 is 23.1 Å². The van der Waals surface area contributed by atoms with Crippen LogP contribution in [-0.2, 0) is 19.6 Å². The maximum absolute atomic E-state index is 11.8. The highest BCUT2D eigenvalue weighted by molar-refractivity contribution is 7.90. The first-order valence-corrected chi connectivity index (χ1v) is 6.14. The van der Waals surface area contributed by atoms with Gasteiger partial charge >= 0.3 is 5.97 Å². The number of carbonyl (C=O) groups excluding carboxylic acids is 1. The van der Waals surface area contributed by atoms with Crippen molar-refractivity contribution in [2.24, 2.45) is 5.73 Å². The lowest BCUT2D eigenvalue weighted by atomic mass is 10.4. The smallest absolute Gasteiger partial charge is 0.318 e. The molecule has 0 aliphatic rings. The average molecular weight is 263 g/mol. The van der Waals surface area contributed by atoms with E-state index in [1.165, 1.54) is 6.92 Å². The molecule has 3 N–H and O–H groups in total. The van der Waals surface area contributed by atoms with Gasteiger partial charge in [-0.3, -0.25) is 9.59 Å². The summed E-state index contributed by atoms with van der Waals surface area (Å²) in [7, 11) is -4.16. The number of aliphatic carboxylic acids is 1. The minimum absolute atomic E-state index is 0.00624. The first-order chi connectivity index (χ1) is 7.75. The van der Waals surface area contributed by atoms with Crippen LogP contribution in [0.2, 0.25) is 0 Å². The highest BCUT2D eigenvalue weighted by atomic mass is 32.2. The molecule has 9 heteroatoms. The number of sulfonamides is 1. The first kappa shape index (κ1) is 15.3. The summed E-state index contributed by atoms with van der Waals surface area (Å²) in [5, 5.41) is 15.8. The predicted molar refractivity (Wildman–Crippen MR) is 57.0 cm³/mol. The molecule has 1 unspecified atom stereocenters. The van der Waals surface area contributed by atoms with Crippen molar-refractivity contribution in [3.63, 3.8) is 0 Å². The number of carboxylic acids is 1. The fraction of sp³-hybridized carbons (Fsp3) is 0.625. The van der Waals surface area contributed by atoms with E-state index in [0.717, 1.165) is 0 Å². The van der Waals surface area contributed by atoms with Crippen LogP contribution >= 0.6 is 0 Å². The monoisotopic (exact) mass is 263 g/mol. The van der Waals surface area contributed by atoms with E-state index in [0.29, 0.717) is 4.31 Å². The molecule has 1 atom stereocenters. The fourth-order valence-electron chi connectivity index (χ4n) is 1.11. The average Bonchev–Trinajstić information content (AvgIpc) is 2.16. The maximum Gasteiger partial charge on any atom is 0.318 e. The van der Waals surface area contributed by atoms with E-state index in [9.17, 15) is 18.0 Å². The van der Waals surface area contributed by atoms with Gasteiger partial charge in [-0.2, -0.15) is 9.57 Å². The SMILES string of the molecule is CCC(C#N)S(=O)(=O)N(CC(N)=O)CC(=O)O. The first-order valence-electron chi connectivity index (χ1n) is 4.64. The molecule has 17 heavy (non-hydrogen) atoms. The lowest BCUT2D eigenvalue weighted by Gasteiger charge is -2.20. The lowest BCUT2D eigenvalue weighted by Crippen LogP contribution is -2.45.